The molecule has 0 unspecified atom stereocenters. The van der Waals surface area contributed by atoms with Crippen molar-refractivity contribution in [2.45, 2.75) is 29.8 Å². The van der Waals surface area contributed by atoms with Crippen molar-refractivity contribution in [3.63, 3.8) is 0 Å². The number of carbonyl (C=O) groups is 2. The van der Waals surface area contributed by atoms with Crippen LogP contribution >= 0.6 is 23.2 Å². The Labute approximate surface area is 180 Å². The normalized spacial score (nSPS) is 22.3. The Bertz CT molecular complexity index is 951. The molecule has 3 rings (SSSR count). The number of rotatable bonds is 5. The Balaban J connectivity index is 1.85. The number of likely N-dealkylation sites (tertiary alicyclic amines) is 1. The second-order valence-corrected chi connectivity index (χ2v) is 9.77. The Hall–Kier alpha value is -1.81. The summed E-state index contributed by atoms with van der Waals surface area (Å²) < 4.78 is 27.2. The zero-order chi connectivity index (χ0) is 21.3. The molecule has 0 saturated carbocycles. The van der Waals surface area contributed by atoms with Gasteiger partial charge < -0.3 is 15.1 Å². The van der Waals surface area contributed by atoms with Crippen LogP contribution in [-0.4, -0.2) is 73.6 Å². The summed E-state index contributed by atoms with van der Waals surface area (Å²) >= 11 is 12.1. The molecule has 11 heteroatoms. The zero-order valence-electron chi connectivity index (χ0n) is 16.0. The van der Waals surface area contributed by atoms with Crippen molar-refractivity contribution >= 4 is 45.0 Å². The summed E-state index contributed by atoms with van der Waals surface area (Å²) in [5, 5.41) is 2.42. The molecule has 1 saturated heterocycles. The van der Waals surface area contributed by atoms with E-state index in [4.69, 9.17) is 23.2 Å². The van der Waals surface area contributed by atoms with Gasteiger partial charge in [-0.15, -0.1) is 0 Å². The maximum Gasteiger partial charge on any atom is 0.266 e. The Morgan fingerprint density at radius 1 is 1.31 bits per heavy atom. The van der Waals surface area contributed by atoms with Crippen LogP contribution in [0.2, 0.25) is 10.0 Å². The van der Waals surface area contributed by atoms with Gasteiger partial charge in [0.2, 0.25) is 11.8 Å². The fourth-order valence-corrected chi connectivity index (χ4v) is 5.61. The van der Waals surface area contributed by atoms with E-state index >= 15 is 0 Å². The highest BCUT2D eigenvalue weighted by molar-refractivity contribution is 7.89. The summed E-state index contributed by atoms with van der Waals surface area (Å²) in [4.78, 5) is 28.7. The number of hydrogen-bond acceptors (Lipinski definition) is 5. The van der Waals surface area contributed by atoms with Crippen LogP contribution < -0.4 is 5.32 Å². The first-order valence-electron chi connectivity index (χ1n) is 9.01. The minimum Gasteiger partial charge on any atom is -0.341 e. The predicted molar refractivity (Wildman–Crippen MR) is 110 cm³/mol. The standard InChI is InChI=1S/C18H22Cl2N4O4S/c1-22(2)12-6-8-23(11-12)16(25)10-14-18(26)21-7-9-24(14)29(27,28)15-5-3-4-13(19)17(15)20/h3-5,7,9,12,14H,6,8,10-11H2,1-2H3,(H,21,26)/t12-,14+/m0/s1. The molecular weight excluding hydrogens is 439 g/mol. The quantitative estimate of drug-likeness (QED) is 0.718. The number of carbonyl (C=O) groups excluding carboxylic acids is 2. The van der Waals surface area contributed by atoms with E-state index in [1.54, 1.807) is 4.90 Å². The van der Waals surface area contributed by atoms with Crippen LogP contribution in [0.4, 0.5) is 0 Å². The molecule has 1 aromatic carbocycles. The lowest BCUT2D eigenvalue weighted by molar-refractivity contribution is -0.135. The van der Waals surface area contributed by atoms with E-state index in [0.717, 1.165) is 10.7 Å². The number of amides is 2. The molecular formula is C18H22Cl2N4O4S. The van der Waals surface area contributed by atoms with Gasteiger partial charge in [-0.1, -0.05) is 29.3 Å². The Kier molecular flexibility index (Phi) is 6.42. The van der Waals surface area contributed by atoms with Crippen LogP contribution in [0.25, 0.3) is 0 Å². The molecule has 1 fully saturated rings. The van der Waals surface area contributed by atoms with E-state index in [1.807, 2.05) is 19.0 Å². The molecule has 1 aromatic rings. The monoisotopic (exact) mass is 460 g/mol. The van der Waals surface area contributed by atoms with Crippen LogP contribution in [0.5, 0.6) is 0 Å². The van der Waals surface area contributed by atoms with E-state index in [-0.39, 0.29) is 33.3 Å². The maximum atomic E-state index is 13.2. The highest BCUT2D eigenvalue weighted by Crippen LogP contribution is 2.33. The number of likely N-dealkylation sites (N-methyl/N-ethyl adjacent to an activating group) is 1. The minimum absolute atomic E-state index is 0.0811. The van der Waals surface area contributed by atoms with Gasteiger partial charge in [-0.3, -0.25) is 13.9 Å². The lowest BCUT2D eigenvalue weighted by Crippen LogP contribution is -2.51. The number of halogens is 2. The van der Waals surface area contributed by atoms with Crippen molar-refractivity contribution in [1.82, 2.24) is 19.4 Å². The second kappa shape index (κ2) is 8.51. The molecule has 0 bridgehead atoms. The number of nitrogens with one attached hydrogen (secondary N) is 1. The molecule has 8 nitrogen and oxygen atoms in total. The Morgan fingerprint density at radius 2 is 2.03 bits per heavy atom. The van der Waals surface area contributed by atoms with Crippen molar-refractivity contribution < 1.29 is 18.0 Å². The number of hydrogen-bond donors (Lipinski definition) is 1. The SMILES string of the molecule is CN(C)[C@H]1CCN(C(=O)C[C@@H]2C(=O)NC=CN2S(=O)(=O)c2cccc(Cl)c2Cl)C1. The van der Waals surface area contributed by atoms with Gasteiger partial charge in [-0.05, 0) is 32.6 Å². The third kappa shape index (κ3) is 4.37. The summed E-state index contributed by atoms with van der Waals surface area (Å²) in [6, 6.07) is 3.26. The van der Waals surface area contributed by atoms with Gasteiger partial charge in [0.15, 0.2) is 0 Å². The van der Waals surface area contributed by atoms with Crippen molar-refractivity contribution in [2.75, 3.05) is 27.2 Å². The molecule has 0 aliphatic carbocycles. The first-order chi connectivity index (χ1) is 13.6. The maximum absolute atomic E-state index is 13.2. The van der Waals surface area contributed by atoms with Crippen molar-refractivity contribution in [3.8, 4) is 0 Å². The van der Waals surface area contributed by atoms with Crippen LogP contribution in [0.15, 0.2) is 35.5 Å². The number of nitrogens with zero attached hydrogens (tertiary/aromatic N) is 3. The van der Waals surface area contributed by atoms with Crippen LogP contribution in [0.3, 0.4) is 0 Å². The van der Waals surface area contributed by atoms with Gasteiger partial charge in [0.05, 0.1) is 16.5 Å². The van der Waals surface area contributed by atoms with E-state index in [2.05, 4.69) is 5.32 Å². The molecule has 0 spiro atoms. The molecule has 2 amide bonds. The first-order valence-corrected chi connectivity index (χ1v) is 11.2. The average molecular weight is 461 g/mol. The van der Waals surface area contributed by atoms with Crippen LogP contribution in [0, 0.1) is 0 Å². The largest absolute Gasteiger partial charge is 0.341 e. The topological polar surface area (TPSA) is 90.0 Å². The molecule has 158 valence electrons. The summed E-state index contributed by atoms with van der Waals surface area (Å²) in [7, 11) is -0.309. The summed E-state index contributed by atoms with van der Waals surface area (Å²) in [5.74, 6) is -0.854. The van der Waals surface area contributed by atoms with Crippen molar-refractivity contribution in [3.05, 3.63) is 40.6 Å². The molecule has 0 radical (unpaired) electrons. The van der Waals surface area contributed by atoms with E-state index in [1.165, 1.54) is 30.6 Å². The molecule has 2 atom stereocenters. The smallest absolute Gasteiger partial charge is 0.266 e. The first kappa shape index (κ1) is 21.9. The van der Waals surface area contributed by atoms with Gasteiger partial charge in [-0.2, -0.15) is 0 Å². The van der Waals surface area contributed by atoms with Gasteiger partial charge in [0.1, 0.15) is 10.9 Å². The predicted octanol–water partition coefficient (Wildman–Crippen LogP) is 1.51. The van der Waals surface area contributed by atoms with Gasteiger partial charge in [-0.25, -0.2) is 8.42 Å². The molecule has 2 aliphatic heterocycles. The molecule has 1 N–H and O–H groups in total. The van der Waals surface area contributed by atoms with Crippen molar-refractivity contribution in [2.24, 2.45) is 0 Å². The summed E-state index contributed by atoms with van der Waals surface area (Å²) in [6.07, 6.45) is 3.00. The molecule has 2 heterocycles. The lowest BCUT2D eigenvalue weighted by Gasteiger charge is -2.32. The summed E-state index contributed by atoms with van der Waals surface area (Å²) in [6.45, 7) is 1.11. The van der Waals surface area contributed by atoms with Gasteiger partial charge >= 0.3 is 0 Å². The molecule has 0 aromatic heterocycles. The van der Waals surface area contributed by atoms with E-state index < -0.39 is 22.0 Å². The van der Waals surface area contributed by atoms with Crippen LogP contribution in [0.1, 0.15) is 12.8 Å². The highest BCUT2D eigenvalue weighted by Gasteiger charge is 2.39. The van der Waals surface area contributed by atoms with Gasteiger partial charge in [0.25, 0.3) is 10.0 Å². The third-order valence-corrected chi connectivity index (χ3v) is 7.90. The van der Waals surface area contributed by atoms with Crippen molar-refractivity contribution in [1.29, 1.82) is 0 Å². The fraction of sp³-hybridized carbons (Fsp3) is 0.444. The van der Waals surface area contributed by atoms with E-state index in [9.17, 15) is 18.0 Å². The minimum atomic E-state index is -4.20. The number of sulfonamides is 1. The average Bonchev–Trinajstić information content (AvgIpc) is 3.16. The number of benzene rings is 1. The van der Waals surface area contributed by atoms with E-state index in [0.29, 0.717) is 13.1 Å². The lowest BCUT2D eigenvalue weighted by atomic mass is 10.1. The second-order valence-electron chi connectivity index (χ2n) is 7.18. The van der Waals surface area contributed by atoms with Gasteiger partial charge in [0, 0.05) is 31.5 Å². The zero-order valence-corrected chi connectivity index (χ0v) is 18.3. The third-order valence-electron chi connectivity index (χ3n) is 5.14. The van der Waals surface area contributed by atoms with Crippen LogP contribution in [-0.2, 0) is 19.6 Å². The highest BCUT2D eigenvalue weighted by atomic mass is 35.5. The Morgan fingerprint density at radius 3 is 2.69 bits per heavy atom. The summed E-state index contributed by atoms with van der Waals surface area (Å²) in [5.41, 5.74) is 0. The fourth-order valence-electron chi connectivity index (χ4n) is 3.42. The molecule has 2 aliphatic rings. The molecule has 29 heavy (non-hydrogen) atoms.